The first-order chi connectivity index (χ1) is 16.0. The number of amides is 1. The third kappa shape index (κ3) is 4.20. The molecule has 0 radical (unpaired) electrons. The fourth-order valence-corrected chi connectivity index (χ4v) is 5.35. The van der Waals surface area contributed by atoms with Gasteiger partial charge in [0.2, 0.25) is 0 Å². The molecule has 4 N–H and O–H groups in total. The van der Waals surface area contributed by atoms with E-state index in [1.807, 2.05) is 6.07 Å². The van der Waals surface area contributed by atoms with E-state index >= 15 is 0 Å². The molecule has 176 valence electrons. The number of amidine groups is 1. The highest BCUT2D eigenvalue weighted by atomic mass is 32.2. The zero-order chi connectivity index (χ0) is 24.7. The standard InChI is InChI=1S/C23H24N6O4S/c1-23(2,22(25)26)34(31,32)13-15-7-8-33-19-5-4-16(9-17(15)19)27-21(30)18-12-29-11-14(10-24)3-6-20(29)28-18/h3-6,9,11-12,15H,7-8,13H2,1-2H3,(H3,25,26)(H,27,30). The molecule has 0 saturated heterocycles. The Hall–Kier alpha value is -3.91. The molecule has 3 aromatic rings. The minimum atomic E-state index is -3.73. The second-order valence-corrected chi connectivity index (χ2v) is 11.3. The summed E-state index contributed by atoms with van der Waals surface area (Å²) in [5.74, 6) is -0.859. The minimum Gasteiger partial charge on any atom is -0.493 e. The fourth-order valence-electron chi connectivity index (χ4n) is 3.72. The number of carbonyl (C=O) groups excluding carboxylic acids is 1. The molecular formula is C23H24N6O4S. The number of anilines is 1. The van der Waals surface area contributed by atoms with Crippen molar-refractivity contribution in [1.82, 2.24) is 9.38 Å². The second kappa shape index (κ2) is 8.46. The van der Waals surface area contributed by atoms with Crippen molar-refractivity contribution in [3.63, 3.8) is 0 Å². The van der Waals surface area contributed by atoms with Gasteiger partial charge in [-0.1, -0.05) is 0 Å². The van der Waals surface area contributed by atoms with Gasteiger partial charge in [-0.15, -0.1) is 0 Å². The monoisotopic (exact) mass is 480 g/mol. The molecule has 0 saturated carbocycles. The number of hydrogen-bond acceptors (Lipinski definition) is 7. The molecule has 0 bridgehead atoms. The molecule has 1 atom stereocenters. The van der Waals surface area contributed by atoms with E-state index < -0.39 is 26.3 Å². The van der Waals surface area contributed by atoms with Crippen LogP contribution >= 0.6 is 0 Å². The van der Waals surface area contributed by atoms with Crippen LogP contribution in [0.5, 0.6) is 5.75 Å². The van der Waals surface area contributed by atoms with Crippen molar-refractivity contribution < 1.29 is 17.9 Å². The average Bonchev–Trinajstić information content (AvgIpc) is 3.22. The fraction of sp³-hybridized carbons (Fsp3) is 0.304. The summed E-state index contributed by atoms with van der Waals surface area (Å²) in [7, 11) is -3.73. The largest absolute Gasteiger partial charge is 0.493 e. The minimum absolute atomic E-state index is 0.173. The van der Waals surface area contributed by atoms with Gasteiger partial charge in [0.1, 0.15) is 33.7 Å². The summed E-state index contributed by atoms with van der Waals surface area (Å²) in [6.07, 6.45) is 3.60. The SMILES string of the molecule is CC(C)(C(=N)N)S(=O)(=O)CC1CCOc2ccc(NC(=O)c3cn4cc(C#N)ccc4n3)cc21. The summed E-state index contributed by atoms with van der Waals surface area (Å²) in [5.41, 5.74) is 7.83. The number of nitrogens with two attached hydrogens (primary N) is 1. The number of fused-ring (bicyclic) bond motifs is 2. The van der Waals surface area contributed by atoms with E-state index in [1.54, 1.807) is 40.9 Å². The van der Waals surface area contributed by atoms with Crippen LogP contribution < -0.4 is 15.8 Å². The highest BCUT2D eigenvalue weighted by Crippen LogP contribution is 2.38. The lowest BCUT2D eigenvalue weighted by Crippen LogP contribution is -2.47. The molecule has 1 amide bonds. The lowest BCUT2D eigenvalue weighted by atomic mass is 9.94. The summed E-state index contributed by atoms with van der Waals surface area (Å²) in [4.78, 5) is 17.1. The number of rotatable bonds is 6. The number of nitriles is 1. The van der Waals surface area contributed by atoms with E-state index in [2.05, 4.69) is 10.3 Å². The van der Waals surface area contributed by atoms with Gasteiger partial charge in [0.05, 0.1) is 17.9 Å². The van der Waals surface area contributed by atoms with Gasteiger partial charge in [0, 0.05) is 29.6 Å². The number of ether oxygens (including phenoxy) is 1. The Labute approximate surface area is 196 Å². The molecule has 34 heavy (non-hydrogen) atoms. The second-order valence-electron chi connectivity index (χ2n) is 8.67. The molecule has 3 heterocycles. The number of nitrogens with zero attached hydrogens (tertiary/aromatic N) is 3. The van der Waals surface area contributed by atoms with Gasteiger partial charge in [-0.25, -0.2) is 13.4 Å². The maximum atomic E-state index is 13.0. The van der Waals surface area contributed by atoms with Crippen molar-refractivity contribution >= 4 is 32.9 Å². The smallest absolute Gasteiger partial charge is 0.275 e. The van der Waals surface area contributed by atoms with Crippen molar-refractivity contribution in [3.05, 3.63) is 59.5 Å². The van der Waals surface area contributed by atoms with Gasteiger partial charge in [-0.3, -0.25) is 10.2 Å². The van der Waals surface area contributed by atoms with Crippen LogP contribution in [0.4, 0.5) is 5.69 Å². The van der Waals surface area contributed by atoms with E-state index in [0.29, 0.717) is 41.2 Å². The van der Waals surface area contributed by atoms with Crippen LogP contribution in [0.1, 0.15) is 47.8 Å². The molecule has 0 fully saturated rings. The highest BCUT2D eigenvalue weighted by Gasteiger charge is 2.40. The first-order valence-electron chi connectivity index (χ1n) is 10.6. The van der Waals surface area contributed by atoms with Crippen LogP contribution in [0.15, 0.2) is 42.7 Å². The van der Waals surface area contributed by atoms with Crippen LogP contribution in [-0.4, -0.2) is 46.7 Å². The van der Waals surface area contributed by atoms with E-state index in [1.165, 1.54) is 20.0 Å². The Kier molecular flexibility index (Phi) is 5.79. The Morgan fingerprint density at radius 2 is 2.12 bits per heavy atom. The number of imidazole rings is 1. The highest BCUT2D eigenvalue weighted by molar-refractivity contribution is 7.93. The lowest BCUT2D eigenvalue weighted by Gasteiger charge is -2.30. The predicted molar refractivity (Wildman–Crippen MR) is 127 cm³/mol. The van der Waals surface area contributed by atoms with Gasteiger partial charge in [0.25, 0.3) is 5.91 Å². The Morgan fingerprint density at radius 1 is 1.35 bits per heavy atom. The number of benzene rings is 1. The van der Waals surface area contributed by atoms with Crippen molar-refractivity contribution in [2.45, 2.75) is 30.9 Å². The number of aromatic nitrogens is 2. The van der Waals surface area contributed by atoms with Gasteiger partial charge >= 0.3 is 0 Å². The number of pyridine rings is 1. The molecule has 11 heteroatoms. The molecule has 2 aromatic heterocycles. The molecule has 10 nitrogen and oxygen atoms in total. The van der Waals surface area contributed by atoms with Gasteiger partial charge < -0.3 is 20.2 Å². The summed E-state index contributed by atoms with van der Waals surface area (Å²) < 4.78 is 31.8. The van der Waals surface area contributed by atoms with Crippen LogP contribution in [0.2, 0.25) is 0 Å². The number of sulfone groups is 1. The van der Waals surface area contributed by atoms with E-state index in [4.69, 9.17) is 21.1 Å². The van der Waals surface area contributed by atoms with Crippen molar-refractivity contribution in [3.8, 4) is 11.8 Å². The maximum Gasteiger partial charge on any atom is 0.275 e. The molecule has 1 aromatic carbocycles. The van der Waals surface area contributed by atoms with Crippen molar-refractivity contribution in [2.24, 2.45) is 5.73 Å². The van der Waals surface area contributed by atoms with Crippen molar-refractivity contribution in [2.75, 3.05) is 17.7 Å². The van der Waals surface area contributed by atoms with E-state index in [-0.39, 0.29) is 17.4 Å². The number of nitrogens with one attached hydrogen (secondary N) is 2. The third-order valence-corrected chi connectivity index (χ3v) is 8.71. The average molecular weight is 481 g/mol. The summed E-state index contributed by atoms with van der Waals surface area (Å²) >= 11 is 0. The van der Waals surface area contributed by atoms with Crippen LogP contribution in [0.3, 0.4) is 0 Å². The Balaban J connectivity index is 1.58. The normalized spacial score (nSPS) is 15.7. The molecule has 0 spiro atoms. The van der Waals surface area contributed by atoms with Crippen LogP contribution in [0.25, 0.3) is 5.65 Å². The molecule has 1 unspecified atom stereocenters. The molecule has 1 aliphatic rings. The summed E-state index contributed by atoms with van der Waals surface area (Å²) in [6, 6.07) is 10.4. The predicted octanol–water partition coefficient (Wildman–Crippen LogP) is 2.45. The zero-order valence-electron chi connectivity index (χ0n) is 18.7. The summed E-state index contributed by atoms with van der Waals surface area (Å²) in [6.45, 7) is 3.22. The lowest BCUT2D eigenvalue weighted by molar-refractivity contribution is 0.102. The topological polar surface area (TPSA) is 163 Å². The van der Waals surface area contributed by atoms with E-state index in [9.17, 15) is 13.2 Å². The van der Waals surface area contributed by atoms with E-state index in [0.717, 1.165) is 0 Å². The van der Waals surface area contributed by atoms with Gasteiger partial charge in [0.15, 0.2) is 9.84 Å². The molecular weight excluding hydrogens is 456 g/mol. The zero-order valence-corrected chi connectivity index (χ0v) is 19.5. The Morgan fingerprint density at radius 3 is 2.82 bits per heavy atom. The first-order valence-corrected chi connectivity index (χ1v) is 12.2. The first kappa shape index (κ1) is 23.3. The Bertz CT molecular complexity index is 1450. The number of hydrogen-bond donors (Lipinski definition) is 3. The van der Waals surface area contributed by atoms with Gasteiger partial charge in [-0.2, -0.15) is 5.26 Å². The van der Waals surface area contributed by atoms with Gasteiger partial charge in [-0.05, 0) is 50.6 Å². The molecule has 0 aliphatic carbocycles. The van der Waals surface area contributed by atoms with Crippen LogP contribution in [0, 0.1) is 16.7 Å². The molecule has 4 rings (SSSR count). The third-order valence-electron chi connectivity index (χ3n) is 6.09. The quantitative estimate of drug-likeness (QED) is 0.360. The van der Waals surface area contributed by atoms with Crippen molar-refractivity contribution in [1.29, 1.82) is 10.7 Å². The number of carbonyl (C=O) groups is 1. The molecule has 1 aliphatic heterocycles. The summed E-state index contributed by atoms with van der Waals surface area (Å²) in [5, 5.41) is 19.5. The maximum absolute atomic E-state index is 13.0. The van der Waals surface area contributed by atoms with Crippen LogP contribution in [-0.2, 0) is 9.84 Å².